The molecule has 0 N–H and O–H groups in total. The molecule has 1 aromatic rings. The predicted molar refractivity (Wildman–Crippen MR) is 45.9 cm³/mol. The van der Waals surface area contributed by atoms with Crippen LogP contribution in [-0.4, -0.2) is 15.8 Å². The van der Waals surface area contributed by atoms with Gasteiger partial charge in [-0.05, 0) is 0 Å². The molecule has 0 aromatic heterocycles. The van der Waals surface area contributed by atoms with Crippen molar-refractivity contribution in [2.45, 2.75) is 6.55 Å². The van der Waals surface area contributed by atoms with Gasteiger partial charge in [0.25, 0.3) is 0 Å². The van der Waals surface area contributed by atoms with Gasteiger partial charge < -0.3 is 0 Å². The van der Waals surface area contributed by atoms with Crippen molar-refractivity contribution in [2.75, 3.05) is 0 Å². The molecule has 1 nitrogen and oxygen atoms in total. The van der Waals surface area contributed by atoms with E-state index in [1.54, 1.807) is 0 Å². The van der Waals surface area contributed by atoms with Crippen molar-refractivity contribution in [3.8, 4) is 0 Å². The summed E-state index contributed by atoms with van der Waals surface area (Å²) in [7, 11) is -0.180. The van der Waals surface area contributed by atoms with Gasteiger partial charge in [0.05, 0.1) is 9.52 Å². The molecule has 0 fully saturated rings. The van der Waals surface area contributed by atoms with Crippen LogP contribution < -0.4 is 5.19 Å². The SMILES string of the molecule is C[SiH2]c1ccccc1C=O. The number of benzene rings is 1. The van der Waals surface area contributed by atoms with E-state index in [1.165, 1.54) is 5.19 Å². The highest BCUT2D eigenvalue weighted by Gasteiger charge is 1.94. The first-order valence-corrected chi connectivity index (χ1v) is 5.53. The zero-order valence-corrected chi connectivity index (χ0v) is 7.42. The third kappa shape index (κ3) is 1.33. The molecule has 0 saturated carbocycles. The van der Waals surface area contributed by atoms with Crippen molar-refractivity contribution in [2.24, 2.45) is 0 Å². The molecule has 0 unspecified atom stereocenters. The van der Waals surface area contributed by atoms with Crippen LogP contribution in [0, 0.1) is 0 Å². The van der Waals surface area contributed by atoms with E-state index in [-0.39, 0.29) is 9.52 Å². The Kier molecular flexibility index (Phi) is 2.40. The average Bonchev–Trinajstić information content (AvgIpc) is 2.04. The molecule has 1 aromatic carbocycles. The van der Waals surface area contributed by atoms with E-state index in [9.17, 15) is 4.79 Å². The lowest BCUT2D eigenvalue weighted by Gasteiger charge is -1.97. The standard InChI is InChI=1S/C8H10OSi/c1-10-8-5-3-2-4-7(8)6-9/h2-6H,10H2,1H3. The summed E-state index contributed by atoms with van der Waals surface area (Å²) in [6, 6.07) is 7.80. The zero-order chi connectivity index (χ0) is 7.40. The number of carbonyl (C=O) groups is 1. The molecule has 0 aliphatic heterocycles. The molecular formula is C8H10OSi. The van der Waals surface area contributed by atoms with Crippen LogP contribution in [0.4, 0.5) is 0 Å². The Balaban J connectivity index is 3.08. The van der Waals surface area contributed by atoms with Crippen molar-refractivity contribution in [3.05, 3.63) is 29.8 Å². The van der Waals surface area contributed by atoms with Crippen molar-refractivity contribution < 1.29 is 4.79 Å². The molecule has 2 heteroatoms. The van der Waals surface area contributed by atoms with E-state index >= 15 is 0 Å². The van der Waals surface area contributed by atoms with Gasteiger partial charge in [0.2, 0.25) is 0 Å². The van der Waals surface area contributed by atoms with E-state index < -0.39 is 0 Å². The molecule has 0 aliphatic rings. The fraction of sp³-hybridized carbons (Fsp3) is 0.125. The Hall–Kier alpha value is -0.893. The van der Waals surface area contributed by atoms with Crippen LogP contribution in [0.1, 0.15) is 10.4 Å². The van der Waals surface area contributed by atoms with Crippen LogP contribution in [0.5, 0.6) is 0 Å². The Labute approximate surface area is 62.9 Å². The summed E-state index contributed by atoms with van der Waals surface area (Å²) in [5.41, 5.74) is 0.872. The summed E-state index contributed by atoms with van der Waals surface area (Å²) in [4.78, 5) is 10.4. The lowest BCUT2D eigenvalue weighted by Crippen LogP contribution is -2.15. The van der Waals surface area contributed by atoms with Crippen molar-refractivity contribution in [3.63, 3.8) is 0 Å². The summed E-state index contributed by atoms with van der Waals surface area (Å²) in [6.07, 6.45) is 0.936. The van der Waals surface area contributed by atoms with Gasteiger partial charge in [-0.15, -0.1) is 0 Å². The second kappa shape index (κ2) is 3.32. The molecule has 0 spiro atoms. The highest BCUT2D eigenvalue weighted by molar-refractivity contribution is 6.53. The number of aldehydes is 1. The van der Waals surface area contributed by atoms with Crippen molar-refractivity contribution in [1.82, 2.24) is 0 Å². The summed E-state index contributed by atoms with van der Waals surface area (Å²) in [5, 5.41) is 1.26. The second-order valence-corrected chi connectivity index (χ2v) is 3.64. The number of rotatable bonds is 2. The third-order valence-electron chi connectivity index (χ3n) is 1.56. The Morgan fingerprint density at radius 3 is 2.60 bits per heavy atom. The largest absolute Gasteiger partial charge is 0.298 e. The highest BCUT2D eigenvalue weighted by atomic mass is 28.2. The van der Waals surface area contributed by atoms with E-state index in [0.717, 1.165) is 11.8 Å². The van der Waals surface area contributed by atoms with Gasteiger partial charge in [-0.2, -0.15) is 0 Å². The molecule has 0 atom stereocenters. The van der Waals surface area contributed by atoms with Crippen molar-refractivity contribution >= 4 is 21.0 Å². The zero-order valence-electron chi connectivity index (χ0n) is 6.00. The monoisotopic (exact) mass is 150 g/mol. The van der Waals surface area contributed by atoms with E-state index in [4.69, 9.17) is 0 Å². The molecule has 0 bridgehead atoms. The highest BCUT2D eigenvalue weighted by Crippen LogP contribution is 1.90. The molecule has 0 amide bonds. The van der Waals surface area contributed by atoms with Crippen LogP contribution in [0.2, 0.25) is 6.55 Å². The fourth-order valence-electron chi connectivity index (χ4n) is 0.971. The Morgan fingerprint density at radius 1 is 1.40 bits per heavy atom. The maximum absolute atomic E-state index is 10.4. The summed E-state index contributed by atoms with van der Waals surface area (Å²) >= 11 is 0. The lowest BCUT2D eigenvalue weighted by atomic mass is 10.2. The lowest BCUT2D eigenvalue weighted by molar-refractivity contribution is 0.112. The average molecular weight is 150 g/mol. The van der Waals surface area contributed by atoms with Gasteiger partial charge in [0, 0.05) is 5.56 Å². The first-order chi connectivity index (χ1) is 4.88. The maximum atomic E-state index is 10.4. The van der Waals surface area contributed by atoms with E-state index in [1.807, 2.05) is 24.3 Å². The van der Waals surface area contributed by atoms with Crippen molar-refractivity contribution in [1.29, 1.82) is 0 Å². The Bertz CT molecular complexity index is 232. The van der Waals surface area contributed by atoms with Gasteiger partial charge in [-0.3, -0.25) is 4.79 Å². The minimum atomic E-state index is -0.180. The van der Waals surface area contributed by atoms with Gasteiger partial charge in [-0.25, -0.2) is 0 Å². The van der Waals surface area contributed by atoms with E-state index in [0.29, 0.717) is 0 Å². The summed E-state index contributed by atoms with van der Waals surface area (Å²) in [5.74, 6) is 0. The fourth-order valence-corrected chi connectivity index (χ4v) is 1.95. The molecule has 0 aliphatic carbocycles. The maximum Gasteiger partial charge on any atom is 0.149 e. The normalized spacial score (nSPS) is 10.5. The minimum absolute atomic E-state index is 0.180. The minimum Gasteiger partial charge on any atom is -0.298 e. The van der Waals surface area contributed by atoms with Crippen LogP contribution in [0.15, 0.2) is 24.3 Å². The molecule has 0 heterocycles. The Morgan fingerprint density at radius 2 is 2.10 bits per heavy atom. The van der Waals surface area contributed by atoms with Crippen LogP contribution in [0.3, 0.4) is 0 Å². The van der Waals surface area contributed by atoms with Gasteiger partial charge in [-0.1, -0.05) is 36.0 Å². The molecule has 0 radical (unpaired) electrons. The van der Waals surface area contributed by atoms with Crippen LogP contribution in [-0.2, 0) is 0 Å². The van der Waals surface area contributed by atoms with Crippen LogP contribution >= 0.6 is 0 Å². The quantitative estimate of drug-likeness (QED) is 0.439. The number of hydrogen-bond acceptors (Lipinski definition) is 1. The number of carbonyl (C=O) groups excluding carboxylic acids is 1. The van der Waals surface area contributed by atoms with E-state index in [2.05, 4.69) is 6.55 Å². The molecular weight excluding hydrogens is 140 g/mol. The van der Waals surface area contributed by atoms with Crippen LogP contribution in [0.25, 0.3) is 0 Å². The number of hydrogen-bond donors (Lipinski definition) is 0. The van der Waals surface area contributed by atoms with Gasteiger partial charge in [0.15, 0.2) is 0 Å². The predicted octanol–water partition coefficient (Wildman–Crippen LogP) is 0.341. The third-order valence-corrected chi connectivity index (χ3v) is 2.97. The molecule has 1 rings (SSSR count). The summed E-state index contributed by atoms with van der Waals surface area (Å²) in [6.45, 7) is 2.18. The topological polar surface area (TPSA) is 17.1 Å². The molecule has 10 heavy (non-hydrogen) atoms. The van der Waals surface area contributed by atoms with Gasteiger partial charge >= 0.3 is 0 Å². The second-order valence-electron chi connectivity index (χ2n) is 2.17. The summed E-state index contributed by atoms with van der Waals surface area (Å²) < 4.78 is 0. The van der Waals surface area contributed by atoms with Gasteiger partial charge in [0.1, 0.15) is 6.29 Å². The first kappa shape index (κ1) is 7.22. The molecule has 52 valence electrons. The smallest absolute Gasteiger partial charge is 0.149 e. The molecule has 0 saturated heterocycles. The first-order valence-electron chi connectivity index (χ1n) is 3.41.